The average Bonchev–Trinajstić information content (AvgIpc) is 2.84. The molecule has 3 aromatic rings. The topological polar surface area (TPSA) is 77.8 Å². The number of anilines is 3. The minimum Gasteiger partial charge on any atom is -0.478 e. The normalized spacial score (nSPS) is 12.1. The Morgan fingerprint density at radius 3 is 1.56 bits per heavy atom. The van der Waals surface area contributed by atoms with Crippen LogP contribution < -0.4 is 4.90 Å². The molecule has 0 bridgehead atoms. The highest BCUT2D eigenvalue weighted by molar-refractivity contribution is 5.99. The molecule has 5 heteroatoms. The van der Waals surface area contributed by atoms with Gasteiger partial charge in [-0.05, 0) is 41.5 Å². The number of fused-ring (bicyclic) bond motifs is 2. The number of hydrogen-bond donors (Lipinski definition) is 2. The third-order valence-electron chi connectivity index (χ3n) is 4.47. The molecule has 3 aromatic carbocycles. The van der Waals surface area contributed by atoms with Crippen molar-refractivity contribution in [3.05, 3.63) is 89.0 Å². The molecule has 27 heavy (non-hydrogen) atoms. The van der Waals surface area contributed by atoms with Crippen LogP contribution in [-0.2, 0) is 0 Å². The van der Waals surface area contributed by atoms with Crippen LogP contribution in [0, 0.1) is 0 Å². The summed E-state index contributed by atoms with van der Waals surface area (Å²) in [5, 5.41) is 18.9. The molecule has 0 fully saturated rings. The maximum Gasteiger partial charge on any atom is 0.335 e. The monoisotopic (exact) mass is 357 g/mol. The number of nitrogens with zero attached hydrogens (tertiary/aromatic N) is 1. The van der Waals surface area contributed by atoms with E-state index >= 15 is 0 Å². The quantitative estimate of drug-likeness (QED) is 0.537. The lowest BCUT2D eigenvalue weighted by Crippen LogP contribution is -2.14. The van der Waals surface area contributed by atoms with Crippen LogP contribution in [0.1, 0.15) is 31.8 Å². The molecule has 0 aliphatic carbocycles. The van der Waals surface area contributed by atoms with Gasteiger partial charge in [0.1, 0.15) is 0 Å². The van der Waals surface area contributed by atoms with Gasteiger partial charge in [-0.25, -0.2) is 9.59 Å². The van der Waals surface area contributed by atoms with Crippen molar-refractivity contribution >= 4 is 41.2 Å². The summed E-state index contributed by atoms with van der Waals surface area (Å²) >= 11 is 0. The molecule has 5 nitrogen and oxygen atoms in total. The van der Waals surface area contributed by atoms with Crippen LogP contribution in [-0.4, -0.2) is 22.2 Å². The Bertz CT molecular complexity index is 1020. The zero-order valence-electron chi connectivity index (χ0n) is 14.2. The summed E-state index contributed by atoms with van der Waals surface area (Å²) in [6.07, 6.45) is 3.99. The summed E-state index contributed by atoms with van der Waals surface area (Å²) in [5.41, 5.74) is 3.93. The van der Waals surface area contributed by atoms with E-state index < -0.39 is 11.9 Å². The van der Waals surface area contributed by atoms with E-state index in [1.807, 2.05) is 65.6 Å². The maximum atomic E-state index is 11.5. The lowest BCUT2D eigenvalue weighted by atomic mass is 10.1. The Balaban J connectivity index is 2.03. The molecule has 4 rings (SSSR count). The van der Waals surface area contributed by atoms with Crippen molar-refractivity contribution in [1.29, 1.82) is 0 Å². The number of aromatic carboxylic acids is 2. The minimum absolute atomic E-state index is 0.0722. The predicted octanol–water partition coefficient (Wildman–Crippen LogP) is 5.04. The van der Waals surface area contributed by atoms with Crippen molar-refractivity contribution in [1.82, 2.24) is 0 Å². The first-order valence-electron chi connectivity index (χ1n) is 8.32. The third kappa shape index (κ3) is 2.95. The Morgan fingerprint density at radius 1 is 0.667 bits per heavy atom. The highest BCUT2D eigenvalue weighted by atomic mass is 16.4. The molecule has 0 radical (unpaired) electrons. The van der Waals surface area contributed by atoms with Crippen molar-refractivity contribution < 1.29 is 19.8 Å². The van der Waals surface area contributed by atoms with Gasteiger partial charge in [0.05, 0.1) is 22.5 Å². The molecular weight excluding hydrogens is 342 g/mol. The fourth-order valence-corrected chi connectivity index (χ4v) is 3.24. The Hall–Kier alpha value is -3.86. The van der Waals surface area contributed by atoms with Crippen LogP contribution in [0.2, 0.25) is 0 Å². The van der Waals surface area contributed by atoms with Gasteiger partial charge in [0, 0.05) is 5.69 Å². The molecule has 0 amide bonds. The lowest BCUT2D eigenvalue weighted by molar-refractivity contribution is 0.0696. The Kier molecular flexibility index (Phi) is 3.97. The SMILES string of the molecule is O=C(O)c1cc(C(=O)O)cc(N2c3ccccc3C=Cc3ccccc32)c1. The molecule has 1 aliphatic heterocycles. The number of para-hydroxylation sites is 2. The van der Waals surface area contributed by atoms with Gasteiger partial charge in [-0.15, -0.1) is 0 Å². The molecule has 1 aliphatic rings. The number of carboxylic acid groups (broad SMARTS) is 2. The second-order valence-corrected chi connectivity index (χ2v) is 6.17. The van der Waals surface area contributed by atoms with Crippen LogP contribution in [0.15, 0.2) is 66.7 Å². The molecule has 0 spiro atoms. The second kappa shape index (κ2) is 6.46. The molecule has 0 saturated heterocycles. The fourth-order valence-electron chi connectivity index (χ4n) is 3.24. The summed E-state index contributed by atoms with van der Waals surface area (Å²) in [6, 6.07) is 19.6. The first kappa shape index (κ1) is 16.6. The number of benzene rings is 3. The standard InChI is InChI=1S/C22H15NO4/c24-21(25)16-11-17(22(26)27)13-18(12-16)23-19-7-3-1-5-14(19)9-10-15-6-2-4-8-20(15)23/h1-13H,(H,24,25)(H,26,27). The molecule has 0 saturated carbocycles. The molecular formula is C22H15NO4. The second-order valence-electron chi connectivity index (χ2n) is 6.17. The van der Waals surface area contributed by atoms with Crippen LogP contribution in [0.3, 0.4) is 0 Å². The van der Waals surface area contributed by atoms with Gasteiger partial charge in [-0.2, -0.15) is 0 Å². The maximum absolute atomic E-state index is 11.5. The summed E-state index contributed by atoms with van der Waals surface area (Å²) in [5.74, 6) is -2.34. The molecule has 0 unspecified atom stereocenters. The Morgan fingerprint density at radius 2 is 1.11 bits per heavy atom. The van der Waals surface area contributed by atoms with E-state index in [2.05, 4.69) is 0 Å². The first-order chi connectivity index (χ1) is 13.0. The van der Waals surface area contributed by atoms with Gasteiger partial charge in [-0.1, -0.05) is 48.6 Å². The van der Waals surface area contributed by atoms with E-state index in [-0.39, 0.29) is 11.1 Å². The zero-order valence-corrected chi connectivity index (χ0v) is 14.2. The minimum atomic E-state index is -1.17. The largest absolute Gasteiger partial charge is 0.478 e. The average molecular weight is 357 g/mol. The van der Waals surface area contributed by atoms with E-state index in [0.717, 1.165) is 22.5 Å². The van der Waals surface area contributed by atoms with Crippen molar-refractivity contribution in [3.8, 4) is 0 Å². The number of hydrogen-bond acceptors (Lipinski definition) is 3. The molecule has 1 heterocycles. The molecule has 132 valence electrons. The van der Waals surface area contributed by atoms with E-state index in [1.165, 1.54) is 18.2 Å². The van der Waals surface area contributed by atoms with E-state index in [0.29, 0.717) is 5.69 Å². The van der Waals surface area contributed by atoms with Crippen LogP contribution >= 0.6 is 0 Å². The molecule has 0 atom stereocenters. The number of carbonyl (C=O) groups is 2. The van der Waals surface area contributed by atoms with Gasteiger partial charge >= 0.3 is 11.9 Å². The van der Waals surface area contributed by atoms with Gasteiger partial charge in [0.25, 0.3) is 0 Å². The lowest BCUT2D eigenvalue weighted by Gasteiger charge is -2.27. The number of carboxylic acids is 2. The summed E-state index contributed by atoms with van der Waals surface area (Å²) < 4.78 is 0. The zero-order chi connectivity index (χ0) is 19.0. The molecule has 0 aromatic heterocycles. The number of rotatable bonds is 3. The third-order valence-corrected chi connectivity index (χ3v) is 4.47. The Labute approximate surface area is 155 Å². The first-order valence-corrected chi connectivity index (χ1v) is 8.32. The van der Waals surface area contributed by atoms with Gasteiger partial charge in [0.2, 0.25) is 0 Å². The van der Waals surface area contributed by atoms with Crippen LogP contribution in [0.5, 0.6) is 0 Å². The van der Waals surface area contributed by atoms with Crippen molar-refractivity contribution in [3.63, 3.8) is 0 Å². The highest BCUT2D eigenvalue weighted by Gasteiger charge is 2.22. The van der Waals surface area contributed by atoms with Crippen molar-refractivity contribution in [2.24, 2.45) is 0 Å². The van der Waals surface area contributed by atoms with Gasteiger partial charge in [-0.3, -0.25) is 0 Å². The smallest absolute Gasteiger partial charge is 0.335 e. The highest BCUT2D eigenvalue weighted by Crippen LogP contribution is 2.42. The fraction of sp³-hybridized carbons (Fsp3) is 0. The van der Waals surface area contributed by atoms with E-state index in [4.69, 9.17) is 0 Å². The van der Waals surface area contributed by atoms with Gasteiger partial charge < -0.3 is 15.1 Å². The summed E-state index contributed by atoms with van der Waals surface area (Å²) in [4.78, 5) is 25.0. The predicted molar refractivity (Wildman–Crippen MR) is 104 cm³/mol. The summed E-state index contributed by atoms with van der Waals surface area (Å²) in [6.45, 7) is 0. The van der Waals surface area contributed by atoms with Crippen LogP contribution in [0.25, 0.3) is 12.2 Å². The van der Waals surface area contributed by atoms with E-state index in [1.54, 1.807) is 0 Å². The molecule has 2 N–H and O–H groups in total. The van der Waals surface area contributed by atoms with Crippen LogP contribution in [0.4, 0.5) is 17.1 Å². The summed E-state index contributed by atoms with van der Waals surface area (Å²) in [7, 11) is 0. The van der Waals surface area contributed by atoms with Crippen molar-refractivity contribution in [2.75, 3.05) is 4.90 Å². The van der Waals surface area contributed by atoms with E-state index in [9.17, 15) is 19.8 Å². The van der Waals surface area contributed by atoms with Crippen molar-refractivity contribution in [2.45, 2.75) is 0 Å². The van der Waals surface area contributed by atoms with Gasteiger partial charge in [0.15, 0.2) is 0 Å².